The van der Waals surface area contributed by atoms with Gasteiger partial charge in [-0.3, -0.25) is 0 Å². The highest BCUT2D eigenvalue weighted by Gasteiger charge is 2.53. The minimum atomic E-state index is 0.481. The highest BCUT2D eigenvalue weighted by atomic mass is 16.5. The van der Waals surface area contributed by atoms with Crippen LogP contribution in [-0.2, 0) is 6.42 Å². The van der Waals surface area contributed by atoms with Crippen LogP contribution >= 0.6 is 0 Å². The number of fused-ring (bicyclic) bond motifs is 1. The summed E-state index contributed by atoms with van der Waals surface area (Å²) in [7, 11) is 1.75. The quantitative estimate of drug-likeness (QED) is 0.821. The molecule has 2 saturated carbocycles. The molecule has 2 unspecified atom stereocenters. The molecule has 2 atom stereocenters. The Morgan fingerprint density at radius 3 is 2.71 bits per heavy atom. The first-order chi connectivity index (χ1) is 10.1. The first-order valence-corrected chi connectivity index (χ1v) is 8.44. The van der Waals surface area contributed by atoms with Gasteiger partial charge in [-0.25, -0.2) is 0 Å². The van der Waals surface area contributed by atoms with Crippen LogP contribution < -0.4 is 10.1 Å². The van der Waals surface area contributed by atoms with E-state index in [0.29, 0.717) is 5.41 Å². The first kappa shape index (κ1) is 14.9. The fraction of sp³-hybridized carbons (Fsp3) is 0.684. The number of hydrogen-bond donors (Lipinski definition) is 1. The molecule has 0 aromatic heterocycles. The van der Waals surface area contributed by atoms with Gasteiger partial charge in [0, 0.05) is 6.54 Å². The molecule has 2 nitrogen and oxygen atoms in total. The zero-order chi connectivity index (χ0) is 14.9. The van der Waals surface area contributed by atoms with Crippen LogP contribution in [0, 0.1) is 23.2 Å². The number of nitrogens with one attached hydrogen (secondary N) is 1. The van der Waals surface area contributed by atoms with E-state index >= 15 is 0 Å². The van der Waals surface area contributed by atoms with Crippen molar-refractivity contribution in [3.63, 3.8) is 0 Å². The van der Waals surface area contributed by atoms with Gasteiger partial charge in [0.05, 0.1) is 7.11 Å². The largest absolute Gasteiger partial charge is 0.497 e. The van der Waals surface area contributed by atoms with Crippen molar-refractivity contribution in [3.05, 3.63) is 29.8 Å². The predicted octanol–water partition coefficient (Wildman–Crippen LogP) is 3.90. The van der Waals surface area contributed by atoms with Gasteiger partial charge >= 0.3 is 0 Å². The lowest BCUT2D eigenvalue weighted by atomic mass is 9.77. The van der Waals surface area contributed by atoms with Gasteiger partial charge in [-0.1, -0.05) is 26.0 Å². The third-order valence-corrected chi connectivity index (χ3v) is 5.23. The van der Waals surface area contributed by atoms with Crippen molar-refractivity contribution in [3.8, 4) is 5.75 Å². The van der Waals surface area contributed by atoms with Crippen molar-refractivity contribution in [1.29, 1.82) is 0 Å². The van der Waals surface area contributed by atoms with E-state index in [2.05, 4.69) is 37.4 Å². The second-order valence-corrected chi connectivity index (χ2v) is 7.72. The van der Waals surface area contributed by atoms with E-state index in [0.717, 1.165) is 30.0 Å². The van der Waals surface area contributed by atoms with Gasteiger partial charge in [-0.05, 0) is 73.1 Å². The SMILES string of the molecule is COc1cccc(CC2(CNCC(C)C)CC3CC3C2)c1. The number of ether oxygens (including phenoxy) is 1. The first-order valence-electron chi connectivity index (χ1n) is 8.44. The van der Waals surface area contributed by atoms with Gasteiger partial charge in [0.25, 0.3) is 0 Å². The molecule has 1 aromatic carbocycles. The van der Waals surface area contributed by atoms with E-state index in [4.69, 9.17) is 4.74 Å². The summed E-state index contributed by atoms with van der Waals surface area (Å²) in [6, 6.07) is 8.64. The molecule has 1 N–H and O–H groups in total. The molecule has 21 heavy (non-hydrogen) atoms. The molecule has 2 fully saturated rings. The summed E-state index contributed by atoms with van der Waals surface area (Å²) >= 11 is 0. The molecule has 0 amide bonds. The van der Waals surface area contributed by atoms with Crippen molar-refractivity contribution in [2.45, 2.75) is 39.5 Å². The molecule has 2 aliphatic rings. The van der Waals surface area contributed by atoms with E-state index in [1.54, 1.807) is 7.11 Å². The topological polar surface area (TPSA) is 21.3 Å². The maximum atomic E-state index is 5.38. The molecular formula is C19H29NO. The Morgan fingerprint density at radius 2 is 2.05 bits per heavy atom. The normalized spacial score (nSPS) is 30.5. The molecule has 1 aromatic rings. The van der Waals surface area contributed by atoms with Gasteiger partial charge in [0.15, 0.2) is 0 Å². The monoisotopic (exact) mass is 287 g/mol. The van der Waals surface area contributed by atoms with E-state index in [1.165, 1.54) is 37.8 Å². The van der Waals surface area contributed by atoms with Crippen molar-refractivity contribution in [1.82, 2.24) is 5.32 Å². The van der Waals surface area contributed by atoms with Gasteiger partial charge in [-0.15, -0.1) is 0 Å². The van der Waals surface area contributed by atoms with Crippen LogP contribution in [0.25, 0.3) is 0 Å². The van der Waals surface area contributed by atoms with E-state index in [-0.39, 0.29) is 0 Å². The van der Waals surface area contributed by atoms with Crippen LogP contribution in [0.2, 0.25) is 0 Å². The Balaban J connectivity index is 1.67. The summed E-state index contributed by atoms with van der Waals surface area (Å²) in [6.45, 7) is 6.88. The van der Waals surface area contributed by atoms with Gasteiger partial charge in [0.2, 0.25) is 0 Å². The molecule has 3 rings (SSSR count). The lowest BCUT2D eigenvalue weighted by Crippen LogP contribution is -2.36. The maximum Gasteiger partial charge on any atom is 0.119 e. The van der Waals surface area contributed by atoms with Crippen LogP contribution in [0.15, 0.2) is 24.3 Å². The predicted molar refractivity (Wildman–Crippen MR) is 87.7 cm³/mol. The lowest BCUT2D eigenvalue weighted by Gasteiger charge is -2.32. The van der Waals surface area contributed by atoms with Crippen molar-refractivity contribution in [2.24, 2.45) is 23.2 Å². The summed E-state index contributed by atoms with van der Waals surface area (Å²) in [5, 5.41) is 3.73. The average molecular weight is 287 g/mol. The average Bonchev–Trinajstić information content (AvgIpc) is 3.06. The van der Waals surface area contributed by atoms with E-state index in [9.17, 15) is 0 Å². The molecule has 116 valence electrons. The summed E-state index contributed by atoms with van der Waals surface area (Å²) in [5.41, 5.74) is 1.91. The van der Waals surface area contributed by atoms with Crippen LogP contribution in [0.1, 0.15) is 38.7 Å². The Morgan fingerprint density at radius 1 is 1.29 bits per heavy atom. The van der Waals surface area contributed by atoms with Crippen molar-refractivity contribution in [2.75, 3.05) is 20.2 Å². The maximum absolute atomic E-state index is 5.38. The third kappa shape index (κ3) is 3.60. The fourth-order valence-electron chi connectivity index (χ4n) is 4.20. The summed E-state index contributed by atoms with van der Waals surface area (Å²) < 4.78 is 5.38. The second kappa shape index (κ2) is 6.00. The minimum Gasteiger partial charge on any atom is -0.497 e. The van der Waals surface area contributed by atoms with Gasteiger partial charge in [-0.2, -0.15) is 0 Å². The van der Waals surface area contributed by atoms with Crippen LogP contribution in [-0.4, -0.2) is 20.2 Å². The van der Waals surface area contributed by atoms with Gasteiger partial charge in [0.1, 0.15) is 5.75 Å². The molecule has 2 heteroatoms. The van der Waals surface area contributed by atoms with Crippen LogP contribution in [0.4, 0.5) is 0 Å². The van der Waals surface area contributed by atoms with E-state index < -0.39 is 0 Å². The summed E-state index contributed by atoms with van der Waals surface area (Å²) in [5.74, 6) is 3.77. The Hall–Kier alpha value is -1.02. The highest BCUT2D eigenvalue weighted by molar-refractivity contribution is 5.29. The lowest BCUT2D eigenvalue weighted by molar-refractivity contribution is 0.245. The number of hydrogen-bond acceptors (Lipinski definition) is 2. The molecular weight excluding hydrogens is 258 g/mol. The zero-order valence-electron chi connectivity index (χ0n) is 13.7. The number of methoxy groups -OCH3 is 1. The second-order valence-electron chi connectivity index (χ2n) is 7.72. The zero-order valence-corrected chi connectivity index (χ0v) is 13.7. The molecule has 0 bridgehead atoms. The Labute approximate surface area is 129 Å². The molecule has 0 radical (unpaired) electrons. The summed E-state index contributed by atoms with van der Waals surface area (Å²) in [4.78, 5) is 0. The molecule has 0 aliphatic heterocycles. The van der Waals surface area contributed by atoms with Gasteiger partial charge < -0.3 is 10.1 Å². The standard InChI is InChI=1S/C19H29NO/c1-14(2)12-20-13-19(10-16-8-17(16)11-19)9-15-5-4-6-18(7-15)21-3/h4-7,14,16-17,20H,8-13H2,1-3H3. The molecule has 0 saturated heterocycles. The van der Waals surface area contributed by atoms with Crippen LogP contribution in [0.5, 0.6) is 5.75 Å². The highest BCUT2D eigenvalue weighted by Crippen LogP contribution is 2.60. The van der Waals surface area contributed by atoms with Crippen LogP contribution in [0.3, 0.4) is 0 Å². The van der Waals surface area contributed by atoms with Crippen molar-refractivity contribution < 1.29 is 4.74 Å². The van der Waals surface area contributed by atoms with E-state index in [1.807, 2.05) is 6.07 Å². The third-order valence-electron chi connectivity index (χ3n) is 5.23. The smallest absolute Gasteiger partial charge is 0.119 e. The Kier molecular flexibility index (Phi) is 4.26. The minimum absolute atomic E-state index is 0.481. The number of benzene rings is 1. The number of rotatable bonds is 7. The van der Waals surface area contributed by atoms with Crippen molar-refractivity contribution >= 4 is 0 Å². The molecule has 0 heterocycles. The Bertz CT molecular complexity index is 472. The summed E-state index contributed by atoms with van der Waals surface area (Å²) in [6.07, 6.45) is 5.52. The molecule has 2 aliphatic carbocycles. The molecule has 0 spiro atoms. The fourth-order valence-corrected chi connectivity index (χ4v) is 4.20.